The van der Waals surface area contributed by atoms with Gasteiger partial charge in [0.1, 0.15) is 5.75 Å². The lowest BCUT2D eigenvalue weighted by Crippen LogP contribution is -2.06. The molecule has 1 atom stereocenters. The molecule has 0 aliphatic rings. The number of nitrogens with two attached hydrogens (primary N) is 1. The van der Waals surface area contributed by atoms with E-state index in [9.17, 15) is 0 Å². The fourth-order valence-corrected chi connectivity index (χ4v) is 2.08. The van der Waals surface area contributed by atoms with Crippen molar-refractivity contribution in [2.24, 2.45) is 5.73 Å². The van der Waals surface area contributed by atoms with Gasteiger partial charge in [-0.3, -0.25) is 0 Å². The number of nitrogens with one attached hydrogen (secondary N) is 1. The molecule has 0 amide bonds. The Balaban J connectivity index is 2.65. The highest BCUT2D eigenvalue weighted by molar-refractivity contribution is 5.89. The highest BCUT2D eigenvalue weighted by Gasteiger charge is 2.13. The lowest BCUT2D eigenvalue weighted by molar-refractivity contribution is 0.343. The third-order valence-electron chi connectivity index (χ3n) is 2.85. The van der Waals surface area contributed by atoms with E-state index < -0.39 is 0 Å². The molecular weight excluding hydrogens is 200 g/mol. The van der Waals surface area contributed by atoms with Crippen LogP contribution in [0.2, 0.25) is 0 Å². The summed E-state index contributed by atoms with van der Waals surface area (Å²) < 4.78 is 5.60. The van der Waals surface area contributed by atoms with Gasteiger partial charge in [0, 0.05) is 17.1 Å². The molecule has 16 heavy (non-hydrogen) atoms. The van der Waals surface area contributed by atoms with Crippen molar-refractivity contribution in [1.29, 1.82) is 0 Å². The Labute approximate surface area is 95.6 Å². The number of aromatic nitrogens is 1. The Morgan fingerprint density at radius 3 is 2.81 bits per heavy atom. The fourth-order valence-electron chi connectivity index (χ4n) is 2.08. The van der Waals surface area contributed by atoms with Crippen LogP contribution in [0.1, 0.15) is 31.1 Å². The van der Waals surface area contributed by atoms with Crippen LogP contribution in [0, 0.1) is 6.92 Å². The van der Waals surface area contributed by atoms with Crippen molar-refractivity contribution in [2.75, 3.05) is 6.61 Å². The van der Waals surface area contributed by atoms with Gasteiger partial charge < -0.3 is 15.5 Å². The van der Waals surface area contributed by atoms with Crippen molar-refractivity contribution < 1.29 is 4.74 Å². The lowest BCUT2D eigenvalue weighted by Gasteiger charge is -2.04. The number of hydrogen-bond donors (Lipinski definition) is 2. The molecule has 0 saturated carbocycles. The Bertz CT molecular complexity index is 500. The van der Waals surface area contributed by atoms with E-state index in [0.717, 1.165) is 17.0 Å². The van der Waals surface area contributed by atoms with Gasteiger partial charge in [-0.2, -0.15) is 0 Å². The molecule has 0 radical (unpaired) electrons. The first-order valence-electron chi connectivity index (χ1n) is 5.64. The van der Waals surface area contributed by atoms with Crippen molar-refractivity contribution in [2.45, 2.75) is 26.8 Å². The molecule has 1 heterocycles. The Hall–Kier alpha value is -1.48. The predicted octanol–water partition coefficient (Wildman–Crippen LogP) is 2.89. The van der Waals surface area contributed by atoms with Crippen LogP contribution in [-0.2, 0) is 0 Å². The third-order valence-corrected chi connectivity index (χ3v) is 2.85. The summed E-state index contributed by atoms with van der Waals surface area (Å²) in [7, 11) is 0. The molecular formula is C13H18N2O. The summed E-state index contributed by atoms with van der Waals surface area (Å²) in [5, 5.41) is 1.19. The molecule has 0 bridgehead atoms. The zero-order chi connectivity index (χ0) is 11.7. The van der Waals surface area contributed by atoms with Gasteiger partial charge in [0.25, 0.3) is 0 Å². The molecule has 3 heteroatoms. The van der Waals surface area contributed by atoms with E-state index in [0.29, 0.717) is 6.61 Å². The average Bonchev–Trinajstić information content (AvgIpc) is 2.58. The first kappa shape index (κ1) is 11.0. The second-order valence-electron chi connectivity index (χ2n) is 4.06. The van der Waals surface area contributed by atoms with Crippen LogP contribution in [0.5, 0.6) is 5.75 Å². The minimum atomic E-state index is 0.0156. The van der Waals surface area contributed by atoms with Crippen LogP contribution in [0.25, 0.3) is 10.9 Å². The van der Waals surface area contributed by atoms with E-state index in [1.807, 2.05) is 26.0 Å². The fraction of sp³-hybridized carbons (Fsp3) is 0.385. The van der Waals surface area contributed by atoms with Gasteiger partial charge in [0.05, 0.1) is 12.1 Å². The number of H-pyrrole nitrogens is 1. The van der Waals surface area contributed by atoms with Crippen molar-refractivity contribution in [3.05, 3.63) is 29.5 Å². The maximum Gasteiger partial charge on any atom is 0.143 e. The number of rotatable bonds is 3. The van der Waals surface area contributed by atoms with Gasteiger partial charge in [-0.15, -0.1) is 0 Å². The quantitative estimate of drug-likeness (QED) is 0.832. The second kappa shape index (κ2) is 4.18. The molecule has 3 nitrogen and oxygen atoms in total. The smallest absolute Gasteiger partial charge is 0.143 e. The van der Waals surface area contributed by atoms with Crippen LogP contribution < -0.4 is 10.5 Å². The van der Waals surface area contributed by atoms with Crippen LogP contribution in [0.15, 0.2) is 18.2 Å². The van der Waals surface area contributed by atoms with Crippen molar-refractivity contribution in [3.63, 3.8) is 0 Å². The minimum absolute atomic E-state index is 0.0156. The van der Waals surface area contributed by atoms with E-state index >= 15 is 0 Å². The number of fused-ring (bicyclic) bond motifs is 1. The molecule has 1 aromatic carbocycles. The molecule has 2 aromatic rings. The average molecular weight is 218 g/mol. The zero-order valence-corrected chi connectivity index (χ0v) is 10.0. The lowest BCUT2D eigenvalue weighted by atomic mass is 10.1. The number of aryl methyl sites for hydroxylation is 1. The van der Waals surface area contributed by atoms with E-state index in [1.54, 1.807) is 0 Å². The summed E-state index contributed by atoms with van der Waals surface area (Å²) in [4.78, 5) is 3.37. The van der Waals surface area contributed by atoms with Gasteiger partial charge in [-0.05, 0) is 32.4 Å². The zero-order valence-electron chi connectivity index (χ0n) is 10.0. The van der Waals surface area contributed by atoms with E-state index in [4.69, 9.17) is 10.5 Å². The number of aromatic amines is 1. The maximum absolute atomic E-state index is 5.93. The normalized spacial score (nSPS) is 13.0. The molecule has 0 saturated heterocycles. The van der Waals surface area contributed by atoms with Crippen molar-refractivity contribution in [1.82, 2.24) is 4.98 Å². The molecule has 2 rings (SSSR count). The predicted molar refractivity (Wildman–Crippen MR) is 66.8 cm³/mol. The summed E-state index contributed by atoms with van der Waals surface area (Å²) in [5.74, 6) is 0.898. The molecule has 1 aromatic heterocycles. The summed E-state index contributed by atoms with van der Waals surface area (Å²) >= 11 is 0. The molecule has 86 valence electrons. The number of para-hydroxylation sites is 1. The topological polar surface area (TPSA) is 51.0 Å². The minimum Gasteiger partial charge on any atom is -0.492 e. The van der Waals surface area contributed by atoms with Gasteiger partial charge in [0.2, 0.25) is 0 Å². The SMILES string of the molecule is CCOc1cccc2c(C)c(C(C)N)[nH]c12. The van der Waals surface area contributed by atoms with Crippen LogP contribution in [-0.4, -0.2) is 11.6 Å². The number of hydrogen-bond acceptors (Lipinski definition) is 2. The standard InChI is InChI=1S/C13H18N2O/c1-4-16-11-7-5-6-10-8(2)12(9(3)14)15-13(10)11/h5-7,9,15H,4,14H2,1-3H3. The summed E-state index contributed by atoms with van der Waals surface area (Å²) in [6.45, 7) is 6.73. The highest BCUT2D eigenvalue weighted by Crippen LogP contribution is 2.31. The summed E-state index contributed by atoms with van der Waals surface area (Å²) in [6.07, 6.45) is 0. The van der Waals surface area contributed by atoms with E-state index in [1.165, 1.54) is 10.9 Å². The van der Waals surface area contributed by atoms with E-state index in [-0.39, 0.29) is 6.04 Å². The molecule has 1 unspecified atom stereocenters. The second-order valence-corrected chi connectivity index (χ2v) is 4.06. The van der Waals surface area contributed by atoms with Crippen LogP contribution >= 0.6 is 0 Å². The highest BCUT2D eigenvalue weighted by atomic mass is 16.5. The van der Waals surface area contributed by atoms with Gasteiger partial charge in [0.15, 0.2) is 0 Å². The molecule has 3 N–H and O–H groups in total. The van der Waals surface area contributed by atoms with Crippen molar-refractivity contribution in [3.8, 4) is 5.75 Å². The molecule has 0 spiro atoms. The third kappa shape index (κ3) is 1.67. The summed E-state index contributed by atoms with van der Waals surface area (Å²) in [6, 6.07) is 6.10. The van der Waals surface area contributed by atoms with E-state index in [2.05, 4.69) is 18.0 Å². The van der Waals surface area contributed by atoms with Gasteiger partial charge >= 0.3 is 0 Å². The number of benzene rings is 1. The largest absolute Gasteiger partial charge is 0.492 e. The van der Waals surface area contributed by atoms with Crippen LogP contribution in [0.4, 0.5) is 0 Å². The number of ether oxygens (including phenoxy) is 1. The van der Waals surface area contributed by atoms with Crippen LogP contribution in [0.3, 0.4) is 0 Å². The first-order chi connectivity index (χ1) is 7.65. The molecule has 0 fully saturated rings. The van der Waals surface area contributed by atoms with Gasteiger partial charge in [-0.25, -0.2) is 0 Å². The summed E-state index contributed by atoms with van der Waals surface area (Å²) in [5.41, 5.74) is 9.28. The Morgan fingerprint density at radius 1 is 1.44 bits per heavy atom. The maximum atomic E-state index is 5.93. The van der Waals surface area contributed by atoms with Crippen molar-refractivity contribution >= 4 is 10.9 Å². The molecule has 0 aliphatic heterocycles. The van der Waals surface area contributed by atoms with Gasteiger partial charge in [-0.1, -0.05) is 12.1 Å². The molecule has 0 aliphatic carbocycles. The monoisotopic (exact) mass is 218 g/mol. The Morgan fingerprint density at radius 2 is 2.19 bits per heavy atom. The first-order valence-corrected chi connectivity index (χ1v) is 5.64. The Kier molecular flexibility index (Phi) is 2.88.